The number of benzene rings is 2. The first-order valence-electron chi connectivity index (χ1n) is 8.89. The topological polar surface area (TPSA) is 85.2 Å². The molecule has 2 heterocycles. The largest absolute Gasteiger partial charge is 0.573 e. The first-order chi connectivity index (χ1) is 14.3. The normalized spacial score (nSPS) is 15.8. The molecule has 3 aromatic rings. The first kappa shape index (κ1) is 19.5. The van der Waals surface area contributed by atoms with Gasteiger partial charge in [0, 0.05) is 11.3 Å². The summed E-state index contributed by atoms with van der Waals surface area (Å²) in [5.41, 5.74) is 1.77. The molecule has 2 aromatic carbocycles. The van der Waals surface area contributed by atoms with Crippen LogP contribution in [0.1, 0.15) is 12.5 Å². The van der Waals surface area contributed by atoms with Gasteiger partial charge in [-0.25, -0.2) is 4.68 Å². The summed E-state index contributed by atoms with van der Waals surface area (Å²) >= 11 is 0. The van der Waals surface area contributed by atoms with Crippen molar-refractivity contribution in [2.75, 3.05) is 10.6 Å². The third-order valence-corrected chi connectivity index (χ3v) is 4.47. The lowest BCUT2D eigenvalue weighted by molar-refractivity contribution is -0.274. The molecule has 1 aromatic heterocycles. The van der Waals surface area contributed by atoms with E-state index in [9.17, 15) is 22.8 Å². The zero-order valence-corrected chi connectivity index (χ0v) is 15.3. The van der Waals surface area contributed by atoms with Crippen LogP contribution in [0.3, 0.4) is 0 Å². The van der Waals surface area contributed by atoms with Crippen LogP contribution in [0.4, 0.5) is 24.7 Å². The highest BCUT2D eigenvalue weighted by Gasteiger charge is 2.33. The van der Waals surface area contributed by atoms with Gasteiger partial charge in [0.05, 0.1) is 12.6 Å². The Morgan fingerprint density at radius 2 is 1.83 bits per heavy atom. The Hall–Kier alpha value is -3.82. The van der Waals surface area contributed by atoms with Gasteiger partial charge >= 0.3 is 6.36 Å². The molecule has 7 nitrogen and oxygen atoms in total. The van der Waals surface area contributed by atoms with Gasteiger partial charge in [0.1, 0.15) is 17.6 Å². The van der Waals surface area contributed by atoms with Crippen LogP contribution < -0.4 is 15.4 Å². The fraction of sp³-hybridized carbons (Fsp3) is 0.150. The fourth-order valence-electron chi connectivity index (χ4n) is 3.17. The maximum absolute atomic E-state index is 12.8. The molecule has 30 heavy (non-hydrogen) atoms. The number of hydrogen-bond acceptors (Lipinski definition) is 4. The SMILES string of the molecule is O=C1C[C@@H](C(=O)Nc2ccc(OC(F)(F)F)cc2)n2ncc(-c3ccccc3)c2N1. The van der Waals surface area contributed by atoms with Crippen LogP contribution in [-0.4, -0.2) is 28.0 Å². The van der Waals surface area contributed by atoms with Crippen LogP contribution in [0.25, 0.3) is 11.1 Å². The van der Waals surface area contributed by atoms with Crippen LogP contribution in [0.5, 0.6) is 5.75 Å². The fourth-order valence-corrected chi connectivity index (χ4v) is 3.17. The molecule has 0 radical (unpaired) electrons. The van der Waals surface area contributed by atoms with E-state index in [0.717, 1.165) is 17.7 Å². The van der Waals surface area contributed by atoms with Crippen molar-refractivity contribution >= 4 is 23.3 Å². The number of aromatic nitrogens is 2. The number of ether oxygens (including phenoxy) is 1. The van der Waals surface area contributed by atoms with Crippen LogP contribution in [0.15, 0.2) is 60.8 Å². The lowest BCUT2D eigenvalue weighted by Crippen LogP contribution is -2.35. The molecule has 0 unspecified atom stereocenters. The van der Waals surface area contributed by atoms with Crippen molar-refractivity contribution in [3.8, 4) is 16.9 Å². The second kappa shape index (κ2) is 7.54. The van der Waals surface area contributed by atoms with Crippen molar-refractivity contribution in [3.63, 3.8) is 0 Å². The second-order valence-electron chi connectivity index (χ2n) is 6.55. The summed E-state index contributed by atoms with van der Waals surface area (Å²) in [5.74, 6) is -0.849. The Labute approximate surface area is 168 Å². The van der Waals surface area contributed by atoms with Crippen molar-refractivity contribution in [1.29, 1.82) is 0 Å². The molecular weight excluding hydrogens is 401 g/mol. The van der Waals surface area contributed by atoms with E-state index in [4.69, 9.17) is 0 Å². The number of halogens is 3. The molecule has 1 aliphatic rings. The van der Waals surface area contributed by atoms with Crippen molar-refractivity contribution in [3.05, 3.63) is 60.8 Å². The molecule has 2 N–H and O–H groups in total. The summed E-state index contributed by atoms with van der Waals surface area (Å²) in [7, 11) is 0. The minimum atomic E-state index is -4.80. The van der Waals surface area contributed by atoms with Gasteiger partial charge in [-0.3, -0.25) is 9.59 Å². The molecule has 1 aliphatic heterocycles. The number of nitrogens with one attached hydrogen (secondary N) is 2. The zero-order chi connectivity index (χ0) is 21.3. The maximum Gasteiger partial charge on any atom is 0.573 e. The molecule has 0 bridgehead atoms. The van der Waals surface area contributed by atoms with Gasteiger partial charge in [0.2, 0.25) is 11.8 Å². The molecule has 4 rings (SSSR count). The number of hydrogen-bond donors (Lipinski definition) is 2. The van der Waals surface area contributed by atoms with Crippen LogP contribution >= 0.6 is 0 Å². The summed E-state index contributed by atoms with van der Waals surface area (Å²) in [6, 6.07) is 13.1. The van der Waals surface area contributed by atoms with Gasteiger partial charge in [0.25, 0.3) is 0 Å². The Morgan fingerprint density at radius 1 is 1.13 bits per heavy atom. The molecular formula is C20H15F3N4O3. The molecule has 10 heteroatoms. The molecule has 0 spiro atoms. The molecule has 0 saturated carbocycles. The van der Waals surface area contributed by atoms with Crippen LogP contribution in [0, 0.1) is 0 Å². The minimum Gasteiger partial charge on any atom is -0.406 e. The van der Waals surface area contributed by atoms with Gasteiger partial charge in [-0.2, -0.15) is 5.10 Å². The summed E-state index contributed by atoms with van der Waals surface area (Å²) in [5, 5.41) is 9.60. The van der Waals surface area contributed by atoms with E-state index in [1.54, 1.807) is 6.20 Å². The van der Waals surface area contributed by atoms with Crippen molar-refractivity contribution in [2.45, 2.75) is 18.8 Å². The van der Waals surface area contributed by atoms with E-state index in [1.165, 1.54) is 16.8 Å². The lowest BCUT2D eigenvalue weighted by Gasteiger charge is -2.24. The number of alkyl halides is 3. The number of carbonyl (C=O) groups is 2. The molecule has 2 amide bonds. The Balaban J connectivity index is 1.54. The first-order valence-corrected chi connectivity index (χ1v) is 8.89. The number of amides is 2. The van der Waals surface area contributed by atoms with Gasteiger partial charge in [-0.15, -0.1) is 13.2 Å². The van der Waals surface area contributed by atoms with Gasteiger partial charge in [-0.1, -0.05) is 30.3 Å². The third kappa shape index (κ3) is 4.12. The quantitative estimate of drug-likeness (QED) is 0.674. The number of nitrogens with zero attached hydrogens (tertiary/aromatic N) is 2. The summed E-state index contributed by atoms with van der Waals surface area (Å²) < 4.78 is 42.0. The highest BCUT2D eigenvalue weighted by atomic mass is 19.4. The molecule has 0 saturated heterocycles. The predicted molar refractivity (Wildman–Crippen MR) is 102 cm³/mol. The summed E-state index contributed by atoms with van der Waals surface area (Å²) in [4.78, 5) is 25.0. The van der Waals surface area contributed by atoms with E-state index in [-0.39, 0.29) is 18.0 Å². The highest BCUT2D eigenvalue weighted by molar-refractivity contribution is 6.03. The number of anilines is 2. The van der Waals surface area contributed by atoms with E-state index in [0.29, 0.717) is 11.4 Å². The smallest absolute Gasteiger partial charge is 0.406 e. The second-order valence-corrected chi connectivity index (χ2v) is 6.55. The van der Waals surface area contributed by atoms with E-state index in [2.05, 4.69) is 20.5 Å². The van der Waals surface area contributed by atoms with E-state index in [1.807, 2.05) is 30.3 Å². The molecule has 0 aliphatic carbocycles. The number of fused-ring (bicyclic) bond motifs is 1. The lowest BCUT2D eigenvalue weighted by atomic mass is 10.1. The highest BCUT2D eigenvalue weighted by Crippen LogP contribution is 2.34. The minimum absolute atomic E-state index is 0.121. The van der Waals surface area contributed by atoms with Crippen molar-refractivity contribution < 1.29 is 27.5 Å². The maximum atomic E-state index is 12.8. The van der Waals surface area contributed by atoms with Gasteiger partial charge < -0.3 is 15.4 Å². The average molecular weight is 416 g/mol. The van der Waals surface area contributed by atoms with Crippen LogP contribution in [-0.2, 0) is 9.59 Å². The monoisotopic (exact) mass is 416 g/mol. The Morgan fingerprint density at radius 3 is 2.50 bits per heavy atom. The molecule has 0 fully saturated rings. The zero-order valence-electron chi connectivity index (χ0n) is 15.3. The van der Waals surface area contributed by atoms with E-state index >= 15 is 0 Å². The third-order valence-electron chi connectivity index (χ3n) is 4.47. The van der Waals surface area contributed by atoms with Crippen LogP contribution in [0.2, 0.25) is 0 Å². The predicted octanol–water partition coefficient (Wildman–Crippen LogP) is 3.97. The van der Waals surface area contributed by atoms with Crippen molar-refractivity contribution in [2.24, 2.45) is 0 Å². The average Bonchev–Trinajstić information content (AvgIpc) is 3.12. The van der Waals surface area contributed by atoms with Gasteiger partial charge in [0.15, 0.2) is 0 Å². The van der Waals surface area contributed by atoms with Gasteiger partial charge in [-0.05, 0) is 29.8 Å². The summed E-state index contributed by atoms with van der Waals surface area (Å²) in [6.07, 6.45) is -3.35. The summed E-state index contributed by atoms with van der Waals surface area (Å²) in [6.45, 7) is 0. The molecule has 1 atom stereocenters. The number of carbonyl (C=O) groups excluding carboxylic acids is 2. The molecule has 154 valence electrons. The number of rotatable bonds is 4. The van der Waals surface area contributed by atoms with E-state index < -0.39 is 24.1 Å². The van der Waals surface area contributed by atoms with Crippen molar-refractivity contribution in [1.82, 2.24) is 9.78 Å². The standard InChI is InChI=1S/C20H15F3N4O3/c21-20(22,23)30-14-8-6-13(7-9-14)25-19(29)16-10-17(28)26-18-15(11-24-27(16)18)12-4-2-1-3-5-12/h1-9,11,16H,10H2,(H,25,29)(H,26,28)/t16-/m0/s1. The Kier molecular flexibility index (Phi) is 4.90. The Bertz CT molecular complexity index is 1080.